The van der Waals surface area contributed by atoms with Crippen molar-refractivity contribution in [2.45, 2.75) is 11.9 Å². The highest BCUT2D eigenvalue weighted by molar-refractivity contribution is 9.10. The summed E-state index contributed by atoms with van der Waals surface area (Å²) >= 11 is 10.1. The van der Waals surface area contributed by atoms with Gasteiger partial charge in [-0.1, -0.05) is 44.0 Å². The van der Waals surface area contributed by atoms with Crippen molar-refractivity contribution in [3.63, 3.8) is 0 Å². The summed E-state index contributed by atoms with van der Waals surface area (Å²) < 4.78 is 20.6. The number of benzene rings is 2. The van der Waals surface area contributed by atoms with E-state index >= 15 is 0 Å². The van der Waals surface area contributed by atoms with Gasteiger partial charge in [-0.05, 0) is 40.2 Å². The lowest BCUT2D eigenvalue weighted by Gasteiger charge is -2.11. The van der Waals surface area contributed by atoms with Gasteiger partial charge >= 0.3 is 0 Å². The first-order chi connectivity index (χ1) is 9.11. The number of ether oxygens (including phenoxy) is 1. The largest absolute Gasteiger partial charge is 0.489 e. The molecule has 1 nitrogen and oxygen atoms in total. The van der Waals surface area contributed by atoms with Gasteiger partial charge in [0.15, 0.2) is 0 Å². The van der Waals surface area contributed by atoms with Crippen molar-refractivity contribution in [1.29, 1.82) is 0 Å². The molecule has 0 spiro atoms. The van der Waals surface area contributed by atoms with E-state index in [0.717, 1.165) is 21.3 Å². The SMILES string of the molecule is Fc1cccc(COc2ccc(Br)cc2CBr)c1Br. The van der Waals surface area contributed by atoms with Crippen LogP contribution in [0, 0.1) is 5.82 Å². The zero-order valence-electron chi connectivity index (χ0n) is 9.80. The Labute approximate surface area is 136 Å². The summed E-state index contributed by atoms with van der Waals surface area (Å²) in [4.78, 5) is 0. The molecule has 0 unspecified atom stereocenters. The Hall–Kier alpha value is -0.390. The molecule has 19 heavy (non-hydrogen) atoms. The van der Waals surface area contributed by atoms with Crippen molar-refractivity contribution < 1.29 is 9.13 Å². The van der Waals surface area contributed by atoms with Gasteiger partial charge in [-0.2, -0.15) is 0 Å². The molecule has 0 N–H and O–H groups in total. The minimum absolute atomic E-state index is 0.280. The van der Waals surface area contributed by atoms with Crippen LogP contribution in [-0.4, -0.2) is 0 Å². The van der Waals surface area contributed by atoms with Gasteiger partial charge in [0.2, 0.25) is 0 Å². The number of hydrogen-bond donors (Lipinski definition) is 0. The van der Waals surface area contributed by atoms with Crippen LogP contribution in [0.2, 0.25) is 0 Å². The second-order valence-electron chi connectivity index (χ2n) is 3.89. The third-order valence-electron chi connectivity index (χ3n) is 2.58. The van der Waals surface area contributed by atoms with E-state index in [9.17, 15) is 4.39 Å². The molecule has 0 saturated heterocycles. The highest BCUT2D eigenvalue weighted by Crippen LogP contribution is 2.27. The van der Waals surface area contributed by atoms with Crippen LogP contribution in [0.15, 0.2) is 45.3 Å². The molecule has 0 heterocycles. The van der Waals surface area contributed by atoms with Crippen molar-refractivity contribution >= 4 is 47.8 Å². The zero-order chi connectivity index (χ0) is 13.8. The van der Waals surface area contributed by atoms with Crippen LogP contribution in [0.25, 0.3) is 0 Å². The van der Waals surface area contributed by atoms with Crippen molar-refractivity contribution in [2.24, 2.45) is 0 Å². The Morgan fingerprint density at radius 2 is 1.84 bits per heavy atom. The third kappa shape index (κ3) is 3.80. The van der Waals surface area contributed by atoms with Gasteiger partial charge in [0.1, 0.15) is 18.2 Å². The molecule has 5 heteroatoms. The summed E-state index contributed by atoms with van der Waals surface area (Å²) in [5.74, 6) is 0.508. The lowest BCUT2D eigenvalue weighted by atomic mass is 10.2. The molecule has 0 aliphatic heterocycles. The van der Waals surface area contributed by atoms with E-state index in [-0.39, 0.29) is 5.82 Å². The van der Waals surface area contributed by atoms with Crippen LogP contribution in [0.5, 0.6) is 5.75 Å². The minimum atomic E-state index is -0.280. The quantitative estimate of drug-likeness (QED) is 0.531. The lowest BCUT2D eigenvalue weighted by molar-refractivity contribution is 0.302. The van der Waals surface area contributed by atoms with Gasteiger partial charge in [0.05, 0.1) is 4.47 Å². The molecule has 0 aliphatic rings. The second-order valence-corrected chi connectivity index (χ2v) is 6.16. The summed E-state index contributed by atoms with van der Waals surface area (Å²) in [6, 6.07) is 10.7. The standard InChI is InChI=1S/C14H10Br3FO/c15-7-10-6-11(16)4-5-13(10)19-8-9-2-1-3-12(18)14(9)17/h1-6H,7-8H2. The molecule has 0 radical (unpaired) electrons. The Bertz CT molecular complexity index is 587. The maximum Gasteiger partial charge on any atom is 0.137 e. The van der Waals surface area contributed by atoms with E-state index < -0.39 is 0 Å². The average Bonchev–Trinajstić information content (AvgIpc) is 2.41. The van der Waals surface area contributed by atoms with E-state index in [1.807, 2.05) is 24.3 Å². The Morgan fingerprint density at radius 1 is 1.05 bits per heavy atom. The smallest absolute Gasteiger partial charge is 0.137 e. The van der Waals surface area contributed by atoms with Gasteiger partial charge in [-0.25, -0.2) is 4.39 Å². The van der Waals surface area contributed by atoms with Crippen LogP contribution >= 0.6 is 47.8 Å². The molecule has 0 aliphatic carbocycles. The van der Waals surface area contributed by atoms with Gasteiger partial charge < -0.3 is 4.74 Å². The van der Waals surface area contributed by atoms with Crippen molar-refractivity contribution in [2.75, 3.05) is 0 Å². The van der Waals surface area contributed by atoms with Crippen molar-refractivity contribution in [3.8, 4) is 5.75 Å². The monoisotopic (exact) mass is 450 g/mol. The molecule has 2 aromatic rings. The van der Waals surface area contributed by atoms with Crippen molar-refractivity contribution in [3.05, 3.63) is 62.3 Å². The summed E-state index contributed by atoms with van der Waals surface area (Å²) in [6.07, 6.45) is 0. The van der Waals surface area contributed by atoms with E-state index in [1.54, 1.807) is 6.07 Å². The van der Waals surface area contributed by atoms with Crippen LogP contribution in [0.4, 0.5) is 4.39 Å². The average molecular weight is 453 g/mol. The number of hydrogen-bond acceptors (Lipinski definition) is 1. The second kappa shape index (κ2) is 6.86. The van der Waals surface area contributed by atoms with Gasteiger partial charge in [0, 0.05) is 20.9 Å². The Kier molecular flexibility index (Phi) is 5.42. The molecule has 0 saturated carbocycles. The highest BCUT2D eigenvalue weighted by Gasteiger charge is 2.08. The molecule has 100 valence electrons. The number of halogens is 4. The molecule has 0 amide bonds. The predicted octanol–water partition coefficient (Wildman–Crippen LogP) is 5.82. The van der Waals surface area contributed by atoms with Crippen LogP contribution in [0.3, 0.4) is 0 Å². The van der Waals surface area contributed by atoms with E-state index in [0.29, 0.717) is 16.4 Å². The number of rotatable bonds is 4. The maximum absolute atomic E-state index is 13.4. The minimum Gasteiger partial charge on any atom is -0.489 e. The fourth-order valence-electron chi connectivity index (χ4n) is 1.61. The van der Waals surface area contributed by atoms with Gasteiger partial charge in [0.25, 0.3) is 0 Å². The van der Waals surface area contributed by atoms with E-state index in [1.165, 1.54) is 6.07 Å². The van der Waals surface area contributed by atoms with Gasteiger partial charge in [-0.3, -0.25) is 0 Å². The fraction of sp³-hybridized carbons (Fsp3) is 0.143. The first-order valence-electron chi connectivity index (χ1n) is 5.52. The Morgan fingerprint density at radius 3 is 2.58 bits per heavy atom. The van der Waals surface area contributed by atoms with Crippen molar-refractivity contribution in [1.82, 2.24) is 0 Å². The van der Waals surface area contributed by atoms with Gasteiger partial charge in [-0.15, -0.1) is 0 Å². The third-order valence-corrected chi connectivity index (χ3v) is 4.57. The zero-order valence-corrected chi connectivity index (χ0v) is 14.6. The first-order valence-corrected chi connectivity index (χ1v) is 8.22. The molecular formula is C14H10Br3FO. The summed E-state index contributed by atoms with van der Waals surface area (Å²) in [7, 11) is 0. The summed E-state index contributed by atoms with van der Waals surface area (Å²) in [6.45, 7) is 0.319. The van der Waals surface area contributed by atoms with Crippen LogP contribution < -0.4 is 4.74 Å². The molecule has 2 aromatic carbocycles. The van der Waals surface area contributed by atoms with Crippen LogP contribution in [0.1, 0.15) is 11.1 Å². The molecule has 0 fully saturated rings. The maximum atomic E-state index is 13.4. The fourth-order valence-corrected chi connectivity index (χ4v) is 2.83. The molecule has 2 rings (SSSR count). The predicted molar refractivity (Wildman–Crippen MR) is 85.2 cm³/mol. The molecular weight excluding hydrogens is 443 g/mol. The normalized spacial score (nSPS) is 10.5. The van der Waals surface area contributed by atoms with E-state index in [2.05, 4.69) is 47.8 Å². The molecule has 0 aromatic heterocycles. The molecule has 0 bridgehead atoms. The van der Waals surface area contributed by atoms with Crippen LogP contribution in [-0.2, 0) is 11.9 Å². The Balaban J connectivity index is 2.17. The first kappa shape index (κ1) is 15.0. The number of alkyl halides is 1. The topological polar surface area (TPSA) is 9.23 Å². The highest BCUT2D eigenvalue weighted by atomic mass is 79.9. The van der Waals surface area contributed by atoms with E-state index in [4.69, 9.17) is 4.74 Å². The molecule has 0 atom stereocenters. The summed E-state index contributed by atoms with van der Waals surface area (Å²) in [5.41, 5.74) is 1.82. The summed E-state index contributed by atoms with van der Waals surface area (Å²) in [5, 5.41) is 0.700. The lowest BCUT2D eigenvalue weighted by Crippen LogP contribution is -1.99.